The molecule has 2 rings (SSSR count). The minimum absolute atomic E-state index is 0.146. The molecule has 2 aliphatic carbocycles. The van der Waals surface area contributed by atoms with Crippen LogP contribution in [0.5, 0.6) is 0 Å². The minimum atomic E-state index is -0.647. The number of hydrogen-bond donors (Lipinski definition) is 3. The molecule has 0 saturated carbocycles. The molecule has 0 heterocycles. The monoisotopic (exact) mass is 766 g/mol. The Kier molecular flexibility index (Phi) is 20.9. The van der Waals surface area contributed by atoms with Crippen LogP contribution in [0.1, 0.15) is 147 Å². The van der Waals surface area contributed by atoms with E-state index in [2.05, 4.69) is 109 Å². The van der Waals surface area contributed by atoms with E-state index in [0.29, 0.717) is 32.4 Å². The van der Waals surface area contributed by atoms with Gasteiger partial charge in [0, 0.05) is 25.2 Å². The van der Waals surface area contributed by atoms with Crippen LogP contribution in [0.3, 0.4) is 0 Å². The van der Waals surface area contributed by atoms with Gasteiger partial charge >= 0.3 is 0 Å². The standard InChI is InChI=1S/C50H75N3O3/c1-12-13-33-52-48(56)45(53-47(55)36-40(5)23-17-21-38(3)28-30-44-42(7)25-19-32-50(44,10)11)26-14-15-34-51-46(54)35-39(4)22-16-20-37(2)27-29-43-41(6)24-18-31-49(43,8)9/h16-17,20-23,27-30,35-36,45H,12-15,18-19,24-26,31-34H2,1-11H3,(H,51,54)(H,52,56)(H,53,55)/b22-16+,23-17+,29-27+,30-28+,37-20+,38-21+,39-35+,40-36+/t45-/m0/s1. The number of allylic oxidation sites excluding steroid dienone is 18. The van der Waals surface area contributed by atoms with E-state index in [4.69, 9.17) is 0 Å². The van der Waals surface area contributed by atoms with Crippen LogP contribution in [-0.4, -0.2) is 36.9 Å². The Morgan fingerprint density at radius 2 is 1.12 bits per heavy atom. The Balaban J connectivity index is 1.88. The van der Waals surface area contributed by atoms with Crippen molar-refractivity contribution in [3.63, 3.8) is 0 Å². The van der Waals surface area contributed by atoms with E-state index in [-0.39, 0.29) is 28.6 Å². The van der Waals surface area contributed by atoms with Gasteiger partial charge in [0.25, 0.3) is 0 Å². The first kappa shape index (κ1) is 48.0. The van der Waals surface area contributed by atoms with Crippen LogP contribution in [-0.2, 0) is 14.4 Å². The van der Waals surface area contributed by atoms with Gasteiger partial charge in [-0.25, -0.2) is 0 Å². The lowest BCUT2D eigenvalue weighted by Crippen LogP contribution is -2.46. The lowest BCUT2D eigenvalue weighted by Gasteiger charge is -2.33. The molecule has 0 unspecified atom stereocenters. The molecular weight excluding hydrogens is 691 g/mol. The number of amides is 3. The normalized spacial score (nSPS) is 19.1. The van der Waals surface area contributed by atoms with Gasteiger partial charge in [-0.05, 0) is 139 Å². The first-order valence-corrected chi connectivity index (χ1v) is 21.1. The summed E-state index contributed by atoms with van der Waals surface area (Å²) >= 11 is 0. The van der Waals surface area contributed by atoms with Crippen molar-refractivity contribution < 1.29 is 14.4 Å². The summed E-state index contributed by atoms with van der Waals surface area (Å²) in [6.07, 6.45) is 34.9. The van der Waals surface area contributed by atoms with Gasteiger partial charge in [-0.1, -0.05) is 124 Å². The van der Waals surface area contributed by atoms with Gasteiger partial charge in [0.15, 0.2) is 0 Å². The maximum Gasteiger partial charge on any atom is 0.244 e. The summed E-state index contributed by atoms with van der Waals surface area (Å²) in [5, 5.41) is 8.83. The number of unbranched alkanes of at least 4 members (excludes halogenated alkanes) is 2. The molecule has 0 aromatic rings. The lowest BCUT2D eigenvalue weighted by atomic mass is 9.72. The van der Waals surface area contributed by atoms with Crippen molar-refractivity contribution in [3.05, 3.63) is 117 Å². The third-order valence-corrected chi connectivity index (χ3v) is 10.9. The summed E-state index contributed by atoms with van der Waals surface area (Å²) in [6.45, 7) is 24.9. The van der Waals surface area contributed by atoms with Crippen molar-refractivity contribution in [2.24, 2.45) is 10.8 Å². The molecular formula is C50H75N3O3. The predicted molar refractivity (Wildman–Crippen MR) is 239 cm³/mol. The summed E-state index contributed by atoms with van der Waals surface area (Å²) in [5.74, 6) is -0.620. The molecule has 0 aromatic heterocycles. The van der Waals surface area contributed by atoms with Gasteiger partial charge in [0.05, 0.1) is 0 Å². The summed E-state index contributed by atoms with van der Waals surface area (Å²) < 4.78 is 0. The van der Waals surface area contributed by atoms with Crippen LogP contribution in [0, 0.1) is 10.8 Å². The quantitative estimate of drug-likeness (QED) is 0.0655. The van der Waals surface area contributed by atoms with E-state index in [9.17, 15) is 14.4 Å². The number of hydrogen-bond acceptors (Lipinski definition) is 3. The molecule has 0 bridgehead atoms. The van der Waals surface area contributed by atoms with Gasteiger partial charge in [0.2, 0.25) is 17.7 Å². The third kappa shape index (κ3) is 18.2. The average Bonchev–Trinajstić information content (AvgIpc) is 3.10. The third-order valence-electron chi connectivity index (χ3n) is 10.9. The second-order valence-corrected chi connectivity index (χ2v) is 17.3. The summed E-state index contributed by atoms with van der Waals surface area (Å²) in [4.78, 5) is 38.6. The summed E-state index contributed by atoms with van der Waals surface area (Å²) in [6, 6.07) is -0.647. The highest BCUT2D eigenvalue weighted by atomic mass is 16.2. The van der Waals surface area contributed by atoms with Gasteiger partial charge in [-0.2, -0.15) is 0 Å². The molecule has 1 atom stereocenters. The van der Waals surface area contributed by atoms with Gasteiger partial charge in [0.1, 0.15) is 6.04 Å². The molecule has 0 aliphatic heterocycles. The molecule has 308 valence electrons. The van der Waals surface area contributed by atoms with E-state index in [1.807, 2.05) is 44.2 Å². The Morgan fingerprint density at radius 1 is 0.643 bits per heavy atom. The molecule has 0 fully saturated rings. The van der Waals surface area contributed by atoms with Crippen LogP contribution < -0.4 is 16.0 Å². The Bertz CT molecular complexity index is 1670. The van der Waals surface area contributed by atoms with Crippen LogP contribution in [0.4, 0.5) is 0 Å². The molecule has 2 aliphatic rings. The Morgan fingerprint density at radius 3 is 1.61 bits per heavy atom. The molecule has 0 saturated heterocycles. The fourth-order valence-corrected chi connectivity index (χ4v) is 7.50. The van der Waals surface area contributed by atoms with E-state index in [1.165, 1.54) is 66.9 Å². The van der Waals surface area contributed by atoms with E-state index < -0.39 is 6.04 Å². The highest BCUT2D eigenvalue weighted by Crippen LogP contribution is 2.41. The van der Waals surface area contributed by atoms with Crippen LogP contribution >= 0.6 is 0 Å². The fraction of sp³-hybridized carbons (Fsp3) is 0.540. The van der Waals surface area contributed by atoms with E-state index >= 15 is 0 Å². The van der Waals surface area contributed by atoms with Crippen molar-refractivity contribution in [1.82, 2.24) is 16.0 Å². The van der Waals surface area contributed by atoms with Crippen molar-refractivity contribution in [3.8, 4) is 0 Å². The molecule has 0 radical (unpaired) electrons. The lowest BCUT2D eigenvalue weighted by molar-refractivity contribution is -0.127. The zero-order valence-electron chi connectivity index (χ0n) is 36.9. The topological polar surface area (TPSA) is 87.3 Å². The van der Waals surface area contributed by atoms with Crippen molar-refractivity contribution in [2.45, 2.75) is 153 Å². The molecule has 3 N–H and O–H groups in total. The number of nitrogens with one attached hydrogen (secondary N) is 3. The van der Waals surface area contributed by atoms with Crippen molar-refractivity contribution in [1.29, 1.82) is 0 Å². The van der Waals surface area contributed by atoms with Crippen molar-refractivity contribution >= 4 is 17.7 Å². The molecule has 3 amide bonds. The second-order valence-electron chi connectivity index (χ2n) is 17.3. The van der Waals surface area contributed by atoms with Crippen LogP contribution in [0.25, 0.3) is 0 Å². The SMILES string of the molecule is CCCCNC(=O)[C@H](CCCCNC(=O)/C=C(C)/C=C/C=C(C)/C=C/C1=C(C)CCCC1(C)C)NC(=O)/C=C(C)/C=C/C=C(C)/C=C/C1=C(C)CCCC1(C)C. The number of rotatable bonds is 20. The molecule has 6 heteroatoms. The van der Waals surface area contributed by atoms with Gasteiger partial charge in [-0.3, -0.25) is 14.4 Å². The van der Waals surface area contributed by atoms with Crippen molar-refractivity contribution in [2.75, 3.05) is 13.1 Å². The number of carbonyl (C=O) groups is 3. The minimum Gasteiger partial charge on any atom is -0.354 e. The Hall–Kier alpha value is -4.19. The molecule has 0 aromatic carbocycles. The number of carbonyl (C=O) groups excluding carboxylic acids is 3. The van der Waals surface area contributed by atoms with Crippen LogP contribution in [0.15, 0.2) is 117 Å². The zero-order chi connectivity index (χ0) is 41.7. The molecule has 0 spiro atoms. The first-order valence-electron chi connectivity index (χ1n) is 21.1. The van der Waals surface area contributed by atoms with Gasteiger partial charge in [-0.15, -0.1) is 0 Å². The van der Waals surface area contributed by atoms with Gasteiger partial charge < -0.3 is 16.0 Å². The smallest absolute Gasteiger partial charge is 0.244 e. The average molecular weight is 766 g/mol. The summed E-state index contributed by atoms with van der Waals surface area (Å²) in [7, 11) is 0. The predicted octanol–water partition coefficient (Wildman–Crippen LogP) is 11.7. The highest BCUT2D eigenvalue weighted by Gasteiger charge is 2.27. The second kappa shape index (κ2) is 24.4. The zero-order valence-corrected chi connectivity index (χ0v) is 36.9. The van der Waals surface area contributed by atoms with Crippen LogP contribution in [0.2, 0.25) is 0 Å². The first-order chi connectivity index (χ1) is 26.4. The maximum absolute atomic E-state index is 13.0. The summed E-state index contributed by atoms with van der Waals surface area (Å²) in [5.41, 5.74) is 10.2. The largest absolute Gasteiger partial charge is 0.354 e. The fourth-order valence-electron chi connectivity index (χ4n) is 7.50. The highest BCUT2D eigenvalue weighted by molar-refractivity contribution is 5.93. The molecule has 56 heavy (non-hydrogen) atoms. The van der Waals surface area contributed by atoms with E-state index in [0.717, 1.165) is 35.1 Å². The maximum atomic E-state index is 13.0. The Labute approximate surface area is 341 Å². The molecule has 6 nitrogen and oxygen atoms in total. The van der Waals surface area contributed by atoms with E-state index in [1.54, 1.807) is 6.08 Å².